The van der Waals surface area contributed by atoms with E-state index < -0.39 is 0 Å². The van der Waals surface area contributed by atoms with Crippen LogP contribution in [0, 0.1) is 0 Å². The lowest BCUT2D eigenvalue weighted by molar-refractivity contribution is 0.264. The highest BCUT2D eigenvalue weighted by Crippen LogP contribution is 2.23. The Bertz CT molecular complexity index is 724. The molecule has 22 heavy (non-hydrogen) atoms. The first kappa shape index (κ1) is 15.1. The highest BCUT2D eigenvalue weighted by molar-refractivity contribution is 7.16. The van der Waals surface area contributed by atoms with Gasteiger partial charge in [-0.1, -0.05) is 36.7 Å². The van der Waals surface area contributed by atoms with E-state index in [0.29, 0.717) is 6.54 Å². The summed E-state index contributed by atoms with van der Waals surface area (Å²) < 4.78 is 2.60. The Kier molecular flexibility index (Phi) is 4.82. The van der Waals surface area contributed by atoms with Crippen LogP contribution in [0.5, 0.6) is 0 Å². The summed E-state index contributed by atoms with van der Waals surface area (Å²) >= 11 is 7.61. The van der Waals surface area contributed by atoms with Crippen molar-refractivity contribution in [2.24, 2.45) is 0 Å². The SMILES string of the molecule is CCN(Cc1ccc(Cl)s1)Cc1nnnn1-c1ccccc1. The van der Waals surface area contributed by atoms with E-state index in [1.54, 1.807) is 16.0 Å². The number of hydrogen-bond acceptors (Lipinski definition) is 5. The zero-order chi connectivity index (χ0) is 15.4. The van der Waals surface area contributed by atoms with Crippen molar-refractivity contribution in [2.45, 2.75) is 20.0 Å². The molecule has 3 rings (SSSR count). The molecule has 3 aromatic rings. The van der Waals surface area contributed by atoms with Gasteiger partial charge in [0.2, 0.25) is 0 Å². The van der Waals surface area contributed by atoms with Crippen molar-refractivity contribution < 1.29 is 0 Å². The Labute approximate surface area is 138 Å². The summed E-state index contributed by atoms with van der Waals surface area (Å²) in [7, 11) is 0. The molecule has 0 aliphatic heterocycles. The molecular formula is C15H16ClN5S. The average Bonchev–Trinajstić information content (AvgIpc) is 3.16. The maximum Gasteiger partial charge on any atom is 0.170 e. The van der Waals surface area contributed by atoms with Gasteiger partial charge in [-0.05, 0) is 41.2 Å². The van der Waals surface area contributed by atoms with Crippen LogP contribution in [0.4, 0.5) is 0 Å². The number of halogens is 1. The number of aromatic nitrogens is 4. The van der Waals surface area contributed by atoms with Gasteiger partial charge in [0, 0.05) is 11.4 Å². The fraction of sp³-hybridized carbons (Fsp3) is 0.267. The molecule has 0 amide bonds. The van der Waals surface area contributed by atoms with E-state index in [0.717, 1.165) is 28.9 Å². The second-order valence-corrected chi connectivity index (χ2v) is 6.65. The number of hydrogen-bond donors (Lipinski definition) is 0. The van der Waals surface area contributed by atoms with Crippen molar-refractivity contribution in [1.82, 2.24) is 25.1 Å². The Balaban J connectivity index is 1.76. The molecule has 0 radical (unpaired) electrons. The van der Waals surface area contributed by atoms with Crippen LogP contribution in [0.3, 0.4) is 0 Å². The zero-order valence-electron chi connectivity index (χ0n) is 12.2. The molecule has 2 heterocycles. The molecule has 0 N–H and O–H groups in total. The maximum absolute atomic E-state index is 6.00. The molecule has 0 bridgehead atoms. The van der Waals surface area contributed by atoms with Crippen LogP contribution < -0.4 is 0 Å². The van der Waals surface area contributed by atoms with Crippen molar-refractivity contribution in [1.29, 1.82) is 0 Å². The topological polar surface area (TPSA) is 46.8 Å². The van der Waals surface area contributed by atoms with E-state index in [1.807, 2.05) is 36.4 Å². The largest absolute Gasteiger partial charge is 0.291 e. The van der Waals surface area contributed by atoms with Crippen molar-refractivity contribution in [3.63, 3.8) is 0 Å². The minimum Gasteiger partial charge on any atom is -0.291 e. The molecule has 1 aromatic carbocycles. The minimum absolute atomic E-state index is 0.688. The predicted molar refractivity (Wildman–Crippen MR) is 88.3 cm³/mol. The van der Waals surface area contributed by atoms with Gasteiger partial charge in [0.1, 0.15) is 0 Å². The van der Waals surface area contributed by atoms with Crippen LogP contribution >= 0.6 is 22.9 Å². The maximum atomic E-state index is 6.00. The summed E-state index contributed by atoms with van der Waals surface area (Å²) in [5, 5.41) is 12.1. The third kappa shape index (κ3) is 3.52. The molecule has 114 valence electrons. The average molecular weight is 334 g/mol. The van der Waals surface area contributed by atoms with Gasteiger partial charge < -0.3 is 0 Å². The molecular weight excluding hydrogens is 318 g/mol. The van der Waals surface area contributed by atoms with Crippen molar-refractivity contribution in [3.8, 4) is 5.69 Å². The van der Waals surface area contributed by atoms with Crippen molar-refractivity contribution in [2.75, 3.05) is 6.54 Å². The fourth-order valence-corrected chi connectivity index (χ4v) is 3.34. The van der Waals surface area contributed by atoms with E-state index in [2.05, 4.69) is 33.4 Å². The number of nitrogens with zero attached hydrogens (tertiary/aromatic N) is 5. The summed E-state index contributed by atoms with van der Waals surface area (Å²) in [5.74, 6) is 0.829. The van der Waals surface area contributed by atoms with E-state index in [-0.39, 0.29) is 0 Å². The molecule has 0 saturated carbocycles. The Hall–Kier alpha value is -1.76. The standard InChI is InChI=1S/C15H16ClN5S/c1-2-20(10-13-8-9-14(16)22-13)11-15-17-18-19-21(15)12-6-4-3-5-7-12/h3-9H,2,10-11H2,1H3. The molecule has 0 unspecified atom stereocenters. The smallest absolute Gasteiger partial charge is 0.170 e. The summed E-state index contributed by atoms with van der Waals surface area (Å²) in [4.78, 5) is 3.53. The van der Waals surface area contributed by atoms with E-state index in [9.17, 15) is 0 Å². The summed E-state index contributed by atoms with van der Waals surface area (Å²) in [6, 6.07) is 13.9. The van der Waals surface area contributed by atoms with Gasteiger partial charge in [0.25, 0.3) is 0 Å². The first-order valence-corrected chi connectivity index (χ1v) is 8.25. The summed E-state index contributed by atoms with van der Waals surface area (Å²) in [6.07, 6.45) is 0. The van der Waals surface area contributed by atoms with Gasteiger partial charge in [-0.15, -0.1) is 16.4 Å². The first-order valence-electron chi connectivity index (χ1n) is 7.05. The molecule has 7 heteroatoms. The van der Waals surface area contributed by atoms with Gasteiger partial charge in [0.15, 0.2) is 5.82 Å². The Morgan fingerprint density at radius 3 is 2.64 bits per heavy atom. The van der Waals surface area contributed by atoms with Crippen LogP contribution in [0.15, 0.2) is 42.5 Å². The van der Waals surface area contributed by atoms with Crippen LogP contribution in [0.25, 0.3) is 5.69 Å². The highest BCUT2D eigenvalue weighted by Gasteiger charge is 2.13. The molecule has 0 saturated heterocycles. The molecule has 0 aliphatic carbocycles. The monoisotopic (exact) mass is 333 g/mol. The van der Waals surface area contributed by atoms with Crippen molar-refractivity contribution >= 4 is 22.9 Å². The van der Waals surface area contributed by atoms with Crippen LogP contribution in [-0.2, 0) is 13.1 Å². The fourth-order valence-electron chi connectivity index (χ4n) is 2.21. The predicted octanol–water partition coefficient (Wildman–Crippen LogP) is 3.40. The van der Waals surface area contributed by atoms with Crippen molar-refractivity contribution in [3.05, 3.63) is 57.5 Å². The number of thiophene rings is 1. The number of para-hydroxylation sites is 1. The molecule has 2 aromatic heterocycles. The minimum atomic E-state index is 0.688. The van der Waals surface area contributed by atoms with E-state index in [4.69, 9.17) is 11.6 Å². The first-order chi connectivity index (χ1) is 10.8. The Morgan fingerprint density at radius 1 is 1.14 bits per heavy atom. The summed E-state index contributed by atoms with van der Waals surface area (Å²) in [5.41, 5.74) is 0.970. The van der Waals surface area contributed by atoms with Gasteiger partial charge in [-0.3, -0.25) is 4.90 Å². The second-order valence-electron chi connectivity index (χ2n) is 4.85. The van der Waals surface area contributed by atoms with Crippen LogP contribution in [0.1, 0.15) is 17.6 Å². The normalized spacial score (nSPS) is 11.2. The quantitative estimate of drug-likeness (QED) is 0.693. The van der Waals surface area contributed by atoms with Gasteiger partial charge in [-0.25, -0.2) is 0 Å². The Morgan fingerprint density at radius 2 is 1.95 bits per heavy atom. The highest BCUT2D eigenvalue weighted by atomic mass is 35.5. The van der Waals surface area contributed by atoms with Gasteiger partial charge in [0.05, 0.1) is 16.6 Å². The molecule has 0 aliphatic rings. The zero-order valence-corrected chi connectivity index (χ0v) is 13.8. The summed E-state index contributed by atoms with van der Waals surface area (Å²) in [6.45, 7) is 4.58. The van der Waals surface area contributed by atoms with E-state index >= 15 is 0 Å². The third-order valence-electron chi connectivity index (χ3n) is 3.36. The van der Waals surface area contributed by atoms with Crippen LogP contribution in [-0.4, -0.2) is 31.7 Å². The molecule has 5 nitrogen and oxygen atoms in total. The lowest BCUT2D eigenvalue weighted by Crippen LogP contribution is -2.24. The lowest BCUT2D eigenvalue weighted by atomic mass is 10.3. The molecule has 0 fully saturated rings. The van der Waals surface area contributed by atoms with Crippen LogP contribution in [0.2, 0.25) is 4.34 Å². The van der Waals surface area contributed by atoms with Gasteiger partial charge in [-0.2, -0.15) is 4.68 Å². The van der Waals surface area contributed by atoms with Gasteiger partial charge >= 0.3 is 0 Å². The molecule has 0 spiro atoms. The number of tetrazole rings is 1. The number of benzene rings is 1. The number of rotatable bonds is 6. The lowest BCUT2D eigenvalue weighted by Gasteiger charge is -2.18. The third-order valence-corrected chi connectivity index (χ3v) is 4.57. The van der Waals surface area contributed by atoms with E-state index in [1.165, 1.54) is 4.88 Å². The molecule has 0 atom stereocenters. The second kappa shape index (κ2) is 7.00.